The van der Waals surface area contributed by atoms with Crippen molar-refractivity contribution in [1.82, 2.24) is 9.88 Å². The first kappa shape index (κ1) is 15.0. The van der Waals surface area contributed by atoms with Gasteiger partial charge < -0.3 is 5.11 Å². The lowest BCUT2D eigenvalue weighted by molar-refractivity contribution is 0.117. The molecule has 1 fully saturated rings. The average Bonchev–Trinajstić information content (AvgIpc) is 2.48. The minimum Gasteiger partial charge on any atom is -0.378 e. The number of hydrogen-bond donors (Lipinski definition) is 1. The SMILES string of the molecule is CC[C@@](C)(O)C#CCN1CCCC[C@@H]1c1cccnc1. The van der Waals surface area contributed by atoms with Gasteiger partial charge in [0.15, 0.2) is 0 Å². The molecule has 2 atom stereocenters. The number of likely N-dealkylation sites (tertiary alicyclic amines) is 1. The molecule has 1 saturated heterocycles. The van der Waals surface area contributed by atoms with E-state index in [0.29, 0.717) is 12.5 Å². The summed E-state index contributed by atoms with van der Waals surface area (Å²) in [6, 6.07) is 4.56. The first-order valence-corrected chi connectivity index (χ1v) is 7.49. The highest BCUT2D eigenvalue weighted by Gasteiger charge is 2.23. The Morgan fingerprint density at radius 3 is 3.05 bits per heavy atom. The van der Waals surface area contributed by atoms with Crippen LogP contribution in [0.15, 0.2) is 24.5 Å². The molecule has 108 valence electrons. The van der Waals surface area contributed by atoms with Crippen LogP contribution in [-0.4, -0.2) is 33.7 Å². The predicted molar refractivity (Wildman–Crippen MR) is 81.1 cm³/mol. The third kappa shape index (κ3) is 4.06. The van der Waals surface area contributed by atoms with E-state index in [0.717, 1.165) is 19.5 Å². The fraction of sp³-hybridized carbons (Fsp3) is 0.588. The van der Waals surface area contributed by atoms with Crippen LogP contribution in [0.4, 0.5) is 0 Å². The second kappa shape index (κ2) is 6.88. The van der Waals surface area contributed by atoms with Gasteiger partial charge in [-0.15, -0.1) is 0 Å². The van der Waals surface area contributed by atoms with Crippen molar-refractivity contribution in [3.8, 4) is 11.8 Å². The molecule has 3 heteroatoms. The van der Waals surface area contributed by atoms with Gasteiger partial charge in [0.05, 0.1) is 6.54 Å². The van der Waals surface area contributed by atoms with E-state index in [9.17, 15) is 5.11 Å². The number of nitrogens with zero attached hydrogens (tertiary/aromatic N) is 2. The standard InChI is InChI=1S/C17H24N2O/c1-3-17(2,20)10-7-13-19-12-5-4-9-16(19)15-8-6-11-18-14-15/h6,8,11,14,16,20H,3-5,9,12-13H2,1-2H3/t16-,17-/m1/s1. The first-order chi connectivity index (χ1) is 9.62. The van der Waals surface area contributed by atoms with Crippen LogP contribution in [0.5, 0.6) is 0 Å². The highest BCUT2D eigenvalue weighted by Crippen LogP contribution is 2.29. The Kier molecular flexibility index (Phi) is 5.17. The van der Waals surface area contributed by atoms with Crippen molar-refractivity contribution in [2.75, 3.05) is 13.1 Å². The molecule has 1 aromatic rings. The molecule has 0 spiro atoms. The summed E-state index contributed by atoms with van der Waals surface area (Å²) in [5.41, 5.74) is 0.413. The fourth-order valence-electron chi connectivity index (χ4n) is 2.55. The van der Waals surface area contributed by atoms with Crippen molar-refractivity contribution in [2.24, 2.45) is 0 Å². The predicted octanol–water partition coefficient (Wildman–Crippen LogP) is 2.77. The molecule has 0 aliphatic carbocycles. The minimum atomic E-state index is -0.862. The summed E-state index contributed by atoms with van der Waals surface area (Å²) < 4.78 is 0. The summed E-state index contributed by atoms with van der Waals surface area (Å²) >= 11 is 0. The van der Waals surface area contributed by atoms with Gasteiger partial charge in [-0.3, -0.25) is 9.88 Å². The van der Waals surface area contributed by atoms with Crippen LogP contribution in [-0.2, 0) is 0 Å². The zero-order valence-electron chi connectivity index (χ0n) is 12.5. The van der Waals surface area contributed by atoms with E-state index in [1.165, 1.54) is 18.4 Å². The molecule has 1 aromatic heterocycles. The van der Waals surface area contributed by atoms with Crippen molar-refractivity contribution >= 4 is 0 Å². The molecule has 0 radical (unpaired) electrons. The first-order valence-electron chi connectivity index (χ1n) is 7.49. The van der Waals surface area contributed by atoms with Crippen LogP contribution in [0.1, 0.15) is 51.1 Å². The molecule has 1 N–H and O–H groups in total. The van der Waals surface area contributed by atoms with Crippen LogP contribution < -0.4 is 0 Å². The van der Waals surface area contributed by atoms with E-state index in [2.05, 4.69) is 27.8 Å². The fourth-order valence-corrected chi connectivity index (χ4v) is 2.55. The smallest absolute Gasteiger partial charge is 0.122 e. The van der Waals surface area contributed by atoms with Crippen LogP contribution in [0.3, 0.4) is 0 Å². The largest absolute Gasteiger partial charge is 0.378 e. The highest BCUT2D eigenvalue weighted by molar-refractivity contribution is 5.17. The summed E-state index contributed by atoms with van der Waals surface area (Å²) in [5, 5.41) is 9.93. The molecule has 20 heavy (non-hydrogen) atoms. The molecule has 2 rings (SSSR count). The van der Waals surface area contributed by atoms with Crippen molar-refractivity contribution < 1.29 is 5.11 Å². The van der Waals surface area contributed by atoms with Gasteiger partial charge in [0.2, 0.25) is 0 Å². The Morgan fingerprint density at radius 1 is 1.50 bits per heavy atom. The van der Waals surface area contributed by atoms with E-state index < -0.39 is 5.60 Å². The topological polar surface area (TPSA) is 36.4 Å². The molecule has 0 saturated carbocycles. The lowest BCUT2D eigenvalue weighted by Crippen LogP contribution is -2.34. The molecule has 1 aliphatic heterocycles. The van der Waals surface area contributed by atoms with Gasteiger partial charge in [-0.25, -0.2) is 0 Å². The lowest BCUT2D eigenvalue weighted by atomic mass is 9.96. The maximum atomic E-state index is 9.93. The number of hydrogen-bond acceptors (Lipinski definition) is 3. The zero-order chi connectivity index (χ0) is 14.4. The van der Waals surface area contributed by atoms with E-state index >= 15 is 0 Å². The Hall–Kier alpha value is -1.37. The number of pyridine rings is 1. The Labute approximate surface area is 122 Å². The molecular weight excluding hydrogens is 248 g/mol. The lowest BCUT2D eigenvalue weighted by Gasteiger charge is -2.34. The molecule has 3 nitrogen and oxygen atoms in total. The van der Waals surface area contributed by atoms with Gasteiger partial charge in [-0.1, -0.05) is 31.3 Å². The average molecular weight is 272 g/mol. The van der Waals surface area contributed by atoms with E-state index in [-0.39, 0.29) is 0 Å². The quantitative estimate of drug-likeness (QED) is 0.860. The second-order valence-corrected chi connectivity index (χ2v) is 5.70. The third-order valence-electron chi connectivity index (χ3n) is 4.01. The van der Waals surface area contributed by atoms with Gasteiger partial charge in [-0.05, 0) is 44.4 Å². The molecule has 0 bridgehead atoms. The summed E-state index contributed by atoms with van der Waals surface area (Å²) in [7, 11) is 0. The van der Waals surface area contributed by atoms with Gasteiger partial charge in [0.25, 0.3) is 0 Å². The van der Waals surface area contributed by atoms with Gasteiger partial charge in [-0.2, -0.15) is 0 Å². The molecule has 1 aliphatic rings. The van der Waals surface area contributed by atoms with E-state index in [1.807, 2.05) is 25.4 Å². The Bertz CT molecular complexity index is 473. The van der Waals surface area contributed by atoms with Crippen molar-refractivity contribution in [2.45, 2.75) is 51.2 Å². The summed E-state index contributed by atoms with van der Waals surface area (Å²) in [6.45, 7) is 5.51. The molecular formula is C17H24N2O. The molecule has 0 amide bonds. The second-order valence-electron chi connectivity index (χ2n) is 5.70. The minimum absolute atomic E-state index is 0.415. The molecule has 0 unspecified atom stereocenters. The molecule has 2 heterocycles. The van der Waals surface area contributed by atoms with Gasteiger partial charge in [0.1, 0.15) is 5.60 Å². The Morgan fingerprint density at radius 2 is 2.35 bits per heavy atom. The maximum Gasteiger partial charge on any atom is 0.122 e. The normalized spacial score (nSPS) is 22.6. The van der Waals surface area contributed by atoms with Crippen molar-refractivity contribution in [1.29, 1.82) is 0 Å². The third-order valence-corrected chi connectivity index (χ3v) is 4.01. The van der Waals surface area contributed by atoms with E-state index in [1.54, 1.807) is 6.92 Å². The van der Waals surface area contributed by atoms with Crippen molar-refractivity contribution in [3.63, 3.8) is 0 Å². The highest BCUT2D eigenvalue weighted by atomic mass is 16.3. The number of aliphatic hydroxyl groups is 1. The van der Waals surface area contributed by atoms with Crippen LogP contribution >= 0.6 is 0 Å². The summed E-state index contributed by atoms with van der Waals surface area (Å²) in [6.07, 6.45) is 8.08. The number of rotatable bonds is 3. The summed E-state index contributed by atoms with van der Waals surface area (Å²) in [5.74, 6) is 6.13. The number of aromatic nitrogens is 1. The van der Waals surface area contributed by atoms with Crippen LogP contribution in [0, 0.1) is 11.8 Å². The maximum absolute atomic E-state index is 9.93. The zero-order valence-corrected chi connectivity index (χ0v) is 12.5. The van der Waals surface area contributed by atoms with Crippen LogP contribution in [0.2, 0.25) is 0 Å². The van der Waals surface area contributed by atoms with Gasteiger partial charge in [0, 0.05) is 18.4 Å². The van der Waals surface area contributed by atoms with Gasteiger partial charge >= 0.3 is 0 Å². The van der Waals surface area contributed by atoms with Crippen molar-refractivity contribution in [3.05, 3.63) is 30.1 Å². The molecule has 0 aromatic carbocycles. The van der Waals surface area contributed by atoms with Crippen LogP contribution in [0.25, 0.3) is 0 Å². The number of piperidine rings is 1. The Balaban J connectivity index is 2.05. The monoisotopic (exact) mass is 272 g/mol. The van der Waals surface area contributed by atoms with E-state index in [4.69, 9.17) is 0 Å². The summed E-state index contributed by atoms with van der Waals surface area (Å²) in [4.78, 5) is 6.63.